The fourth-order valence-corrected chi connectivity index (χ4v) is 3.04. The molecule has 0 saturated heterocycles. The van der Waals surface area contributed by atoms with E-state index in [2.05, 4.69) is 0 Å². The van der Waals surface area contributed by atoms with E-state index >= 15 is 0 Å². The summed E-state index contributed by atoms with van der Waals surface area (Å²) in [5.74, 6) is -1.05. The first-order valence-corrected chi connectivity index (χ1v) is 7.70. The number of hydrogen-bond acceptors (Lipinski definition) is 4. The highest BCUT2D eigenvalue weighted by molar-refractivity contribution is 7.98. The number of benzene rings is 1. The van der Waals surface area contributed by atoms with E-state index in [-0.39, 0.29) is 29.3 Å². The van der Waals surface area contributed by atoms with Gasteiger partial charge in [0.2, 0.25) is 0 Å². The van der Waals surface area contributed by atoms with Crippen molar-refractivity contribution in [2.24, 2.45) is 5.92 Å². The van der Waals surface area contributed by atoms with Crippen molar-refractivity contribution in [1.29, 1.82) is 0 Å². The summed E-state index contributed by atoms with van der Waals surface area (Å²) in [5, 5.41) is -0.209. The molecule has 0 fully saturated rings. The minimum Gasteiger partial charge on any atom is -0.493 e. The summed E-state index contributed by atoms with van der Waals surface area (Å²) < 4.78 is 54.8. The Morgan fingerprint density at radius 2 is 1.91 bits per heavy atom. The molecule has 8 heteroatoms. The van der Waals surface area contributed by atoms with Crippen LogP contribution in [0.25, 0.3) is 0 Å². The number of aldehydes is 1. The molecule has 0 aliphatic rings. The lowest BCUT2D eigenvalue weighted by Gasteiger charge is -2.21. The summed E-state index contributed by atoms with van der Waals surface area (Å²) in [4.78, 5) is 11.1. The fraction of sp³-hybridized carbons (Fsp3) is 0.467. The summed E-state index contributed by atoms with van der Waals surface area (Å²) in [5.41, 5.74) is 0. The average molecular weight is 352 g/mol. The zero-order valence-corrected chi connectivity index (χ0v) is 13.9. The van der Waals surface area contributed by atoms with Gasteiger partial charge in [-0.15, -0.1) is 11.4 Å². The van der Waals surface area contributed by atoms with E-state index in [1.165, 1.54) is 14.2 Å². The number of ether oxygens (including phenoxy) is 3. The minimum absolute atomic E-state index is 0.0844. The zero-order chi connectivity index (χ0) is 17.5. The lowest BCUT2D eigenvalue weighted by molar-refractivity contribution is -0.161. The van der Waals surface area contributed by atoms with Crippen LogP contribution in [0.2, 0.25) is 0 Å². The van der Waals surface area contributed by atoms with Crippen molar-refractivity contribution < 1.29 is 32.2 Å². The van der Waals surface area contributed by atoms with Gasteiger partial charge in [-0.3, -0.25) is 0 Å². The highest BCUT2D eigenvalue weighted by Crippen LogP contribution is 2.34. The van der Waals surface area contributed by atoms with Crippen LogP contribution in [0, 0.1) is 5.92 Å². The van der Waals surface area contributed by atoms with E-state index < -0.39 is 18.5 Å². The first kappa shape index (κ1) is 19.5. The topological polar surface area (TPSA) is 44.8 Å². The van der Waals surface area contributed by atoms with E-state index in [0.717, 1.165) is 0 Å². The molecule has 4 nitrogen and oxygen atoms in total. The lowest BCUT2D eigenvalue weighted by Crippen LogP contribution is -2.32. The molecule has 0 radical (unpaired) electrons. The molecule has 0 N–H and O–H groups in total. The third kappa shape index (κ3) is 5.54. The number of hydrogen-bond donors (Lipinski definition) is 1. The van der Waals surface area contributed by atoms with E-state index in [1.807, 2.05) is 0 Å². The maximum Gasteiger partial charge on any atom is 0.398 e. The predicted octanol–water partition coefficient (Wildman–Crippen LogP) is 3.46. The SMILES string of the molecule is CCOC(=[SH]c1ccc(OC)c(OC)c1)C(CC=O)C(F)(F)F. The Kier molecular flexibility index (Phi) is 7.57. The number of carbonyl (C=O) groups is 1. The second-order valence-electron chi connectivity index (χ2n) is 4.42. The van der Waals surface area contributed by atoms with Crippen LogP contribution in [0.1, 0.15) is 13.3 Å². The highest BCUT2D eigenvalue weighted by Gasteiger charge is 2.42. The molecule has 0 aliphatic carbocycles. The lowest BCUT2D eigenvalue weighted by atomic mass is 10.1. The minimum atomic E-state index is -4.55. The van der Waals surface area contributed by atoms with Gasteiger partial charge >= 0.3 is 6.18 Å². The molecule has 0 aliphatic heterocycles. The van der Waals surface area contributed by atoms with Gasteiger partial charge in [0.1, 0.15) is 12.2 Å². The maximum absolute atomic E-state index is 13.1. The van der Waals surface area contributed by atoms with Crippen LogP contribution in [0.5, 0.6) is 11.5 Å². The molecule has 0 aromatic heterocycles. The van der Waals surface area contributed by atoms with Crippen molar-refractivity contribution in [2.45, 2.75) is 24.4 Å². The standard InChI is InChI=1S/C15H19F3O4S/c1-4-22-14(11(7-8-19)15(16,17)18)23-10-5-6-12(20-2)13(9-10)21-3/h5-6,8-9,11,23H,4,7H2,1-3H3. The van der Waals surface area contributed by atoms with Crippen LogP contribution in [0.15, 0.2) is 23.1 Å². The second-order valence-corrected chi connectivity index (χ2v) is 5.60. The van der Waals surface area contributed by atoms with Crippen LogP contribution < -0.4 is 9.47 Å². The van der Waals surface area contributed by atoms with Crippen LogP contribution in [0.4, 0.5) is 13.2 Å². The van der Waals surface area contributed by atoms with E-state index in [4.69, 9.17) is 14.2 Å². The van der Waals surface area contributed by atoms with Gasteiger partial charge in [0.05, 0.1) is 25.9 Å². The second kappa shape index (κ2) is 8.93. The fourth-order valence-electron chi connectivity index (χ4n) is 1.85. The van der Waals surface area contributed by atoms with Crippen LogP contribution in [-0.2, 0) is 9.53 Å². The average Bonchev–Trinajstić information content (AvgIpc) is 2.51. The third-order valence-corrected chi connectivity index (χ3v) is 4.12. The summed E-state index contributed by atoms with van der Waals surface area (Å²) in [6.45, 7) is 1.68. The number of halogens is 3. The smallest absolute Gasteiger partial charge is 0.398 e. The molecule has 130 valence electrons. The molecule has 23 heavy (non-hydrogen) atoms. The van der Waals surface area contributed by atoms with Crippen molar-refractivity contribution in [3.63, 3.8) is 0 Å². The third-order valence-electron chi connectivity index (χ3n) is 2.92. The van der Waals surface area contributed by atoms with E-state index in [9.17, 15) is 18.0 Å². The molecule has 0 spiro atoms. The summed E-state index contributed by atoms with van der Waals surface area (Å²) in [7, 11) is 2.91. The Morgan fingerprint density at radius 1 is 1.26 bits per heavy atom. The number of methoxy groups -OCH3 is 2. The number of rotatable bonds is 7. The predicted molar refractivity (Wildman–Crippen MR) is 83.7 cm³/mol. The van der Waals surface area contributed by atoms with Gasteiger partial charge < -0.3 is 19.0 Å². The Bertz CT molecular complexity index is 558. The molecule has 0 amide bonds. The Hall–Kier alpha value is -1.54. The number of carbonyl (C=O) groups excluding carboxylic acids is 1. The first-order valence-electron chi connectivity index (χ1n) is 6.81. The van der Waals surface area contributed by atoms with Crippen LogP contribution in [-0.4, -0.2) is 38.3 Å². The molecule has 0 saturated carbocycles. The van der Waals surface area contributed by atoms with Crippen molar-refractivity contribution in [1.82, 2.24) is 0 Å². The normalized spacial score (nSPS) is 13.9. The molecule has 1 aromatic carbocycles. The van der Waals surface area contributed by atoms with Gasteiger partial charge in [0, 0.05) is 11.3 Å². The molecule has 1 aromatic rings. The Balaban J connectivity index is 3.27. The maximum atomic E-state index is 13.1. The number of alkyl halides is 3. The summed E-state index contributed by atoms with van der Waals surface area (Å²) in [6, 6.07) is 4.80. The quantitative estimate of drug-likeness (QED) is 0.464. The molecule has 1 atom stereocenters. The van der Waals surface area contributed by atoms with Crippen molar-refractivity contribution in [3.05, 3.63) is 18.2 Å². The molecule has 1 rings (SSSR count). The van der Waals surface area contributed by atoms with Crippen LogP contribution in [0.3, 0.4) is 0 Å². The van der Waals surface area contributed by atoms with Crippen molar-refractivity contribution in [3.8, 4) is 11.5 Å². The highest BCUT2D eigenvalue weighted by atomic mass is 32.1. The van der Waals surface area contributed by atoms with E-state index in [0.29, 0.717) is 16.4 Å². The van der Waals surface area contributed by atoms with Gasteiger partial charge in [0.25, 0.3) is 0 Å². The summed E-state index contributed by atoms with van der Waals surface area (Å²) >= 11 is 0.230. The van der Waals surface area contributed by atoms with E-state index in [1.54, 1.807) is 25.1 Å². The van der Waals surface area contributed by atoms with Gasteiger partial charge in [-0.05, 0) is 25.1 Å². The summed E-state index contributed by atoms with van der Waals surface area (Å²) in [6.07, 6.45) is -4.96. The van der Waals surface area contributed by atoms with Gasteiger partial charge in [-0.25, -0.2) is 0 Å². The molecule has 1 unspecified atom stereocenters. The Labute approximate surface area is 136 Å². The van der Waals surface area contributed by atoms with Gasteiger partial charge in [-0.2, -0.15) is 13.2 Å². The first-order chi connectivity index (χ1) is 10.9. The van der Waals surface area contributed by atoms with Gasteiger partial charge in [0.15, 0.2) is 11.5 Å². The van der Waals surface area contributed by atoms with Gasteiger partial charge in [-0.1, -0.05) is 0 Å². The van der Waals surface area contributed by atoms with Crippen molar-refractivity contribution >= 4 is 22.7 Å². The Morgan fingerprint density at radius 3 is 2.39 bits per heavy atom. The molecule has 0 bridgehead atoms. The van der Waals surface area contributed by atoms with Crippen LogP contribution >= 0.6 is 11.4 Å². The molecule has 0 heterocycles. The molecular formula is C15H19F3O4S. The monoisotopic (exact) mass is 352 g/mol. The number of thiol groups is 1. The van der Waals surface area contributed by atoms with Crippen molar-refractivity contribution in [2.75, 3.05) is 20.8 Å². The largest absolute Gasteiger partial charge is 0.493 e. The molecular weight excluding hydrogens is 333 g/mol. The zero-order valence-electron chi connectivity index (χ0n) is 13.0.